The minimum Gasteiger partial charge on any atom is -0.337 e. The summed E-state index contributed by atoms with van der Waals surface area (Å²) in [5, 5.41) is 3.43. The first-order valence-electron chi connectivity index (χ1n) is 6.72. The summed E-state index contributed by atoms with van der Waals surface area (Å²) in [5.74, 6) is 0.738. The molecular weight excluding hydrogens is 236 g/mol. The van der Waals surface area contributed by atoms with E-state index in [0.29, 0.717) is 23.9 Å². The summed E-state index contributed by atoms with van der Waals surface area (Å²) in [6.45, 7) is 6.14. The molecule has 17 heavy (non-hydrogen) atoms. The number of rotatable bonds is 1. The summed E-state index contributed by atoms with van der Waals surface area (Å²) >= 11 is 0. The van der Waals surface area contributed by atoms with Gasteiger partial charge in [-0.1, -0.05) is 19.3 Å². The standard InChI is InChI=1S/C13H24N2O.ClH/c1-10-9-15(11(2)8-14-10)13(16)12-6-4-3-5-7-12;/h10-12,14H,3-9H2,1-2H3;1H. The van der Waals surface area contributed by atoms with Crippen LogP contribution in [-0.4, -0.2) is 36.0 Å². The van der Waals surface area contributed by atoms with Gasteiger partial charge in [0.2, 0.25) is 5.91 Å². The van der Waals surface area contributed by atoms with Crippen LogP contribution in [0.5, 0.6) is 0 Å². The van der Waals surface area contributed by atoms with Crippen LogP contribution in [0.2, 0.25) is 0 Å². The average molecular weight is 261 g/mol. The number of hydrogen-bond acceptors (Lipinski definition) is 2. The van der Waals surface area contributed by atoms with Gasteiger partial charge in [-0.3, -0.25) is 4.79 Å². The van der Waals surface area contributed by atoms with Crippen molar-refractivity contribution in [1.29, 1.82) is 0 Å². The molecule has 0 aromatic heterocycles. The minimum absolute atomic E-state index is 0. The van der Waals surface area contributed by atoms with Gasteiger partial charge >= 0.3 is 0 Å². The highest BCUT2D eigenvalue weighted by Gasteiger charge is 2.31. The summed E-state index contributed by atoms with van der Waals surface area (Å²) in [6, 6.07) is 0.814. The highest BCUT2D eigenvalue weighted by atomic mass is 35.5. The molecule has 2 fully saturated rings. The molecule has 1 N–H and O–H groups in total. The van der Waals surface area contributed by atoms with E-state index in [1.807, 2.05) is 0 Å². The van der Waals surface area contributed by atoms with Crippen molar-refractivity contribution in [3.8, 4) is 0 Å². The van der Waals surface area contributed by atoms with Crippen molar-refractivity contribution in [1.82, 2.24) is 10.2 Å². The van der Waals surface area contributed by atoms with Crippen LogP contribution in [0, 0.1) is 5.92 Å². The molecule has 1 aliphatic heterocycles. The fourth-order valence-corrected chi connectivity index (χ4v) is 2.91. The molecular formula is C13H25ClN2O. The zero-order valence-electron chi connectivity index (χ0n) is 10.9. The lowest BCUT2D eigenvalue weighted by Crippen LogP contribution is -2.57. The smallest absolute Gasteiger partial charge is 0.226 e. The Bertz CT molecular complexity index is 254. The molecule has 2 aliphatic rings. The van der Waals surface area contributed by atoms with Gasteiger partial charge in [-0.2, -0.15) is 0 Å². The fraction of sp³-hybridized carbons (Fsp3) is 0.923. The molecule has 1 saturated carbocycles. The van der Waals surface area contributed by atoms with E-state index in [1.54, 1.807) is 0 Å². The highest BCUT2D eigenvalue weighted by Crippen LogP contribution is 2.26. The summed E-state index contributed by atoms with van der Waals surface area (Å²) in [7, 11) is 0. The zero-order chi connectivity index (χ0) is 11.5. The van der Waals surface area contributed by atoms with E-state index in [-0.39, 0.29) is 12.4 Å². The lowest BCUT2D eigenvalue weighted by molar-refractivity contribution is -0.140. The zero-order valence-corrected chi connectivity index (χ0v) is 11.8. The van der Waals surface area contributed by atoms with Gasteiger partial charge in [0, 0.05) is 31.1 Å². The number of carbonyl (C=O) groups excluding carboxylic acids is 1. The summed E-state index contributed by atoms with van der Waals surface area (Å²) < 4.78 is 0. The van der Waals surface area contributed by atoms with Crippen LogP contribution in [0.1, 0.15) is 46.0 Å². The second-order valence-corrected chi connectivity index (χ2v) is 5.48. The molecule has 0 spiro atoms. The normalized spacial score (nSPS) is 30.8. The van der Waals surface area contributed by atoms with Crippen molar-refractivity contribution in [2.45, 2.75) is 58.0 Å². The van der Waals surface area contributed by atoms with Crippen LogP contribution in [0.25, 0.3) is 0 Å². The summed E-state index contributed by atoms with van der Waals surface area (Å²) in [5.41, 5.74) is 0. The SMILES string of the molecule is CC1CN(C(=O)C2CCCCC2)C(C)CN1.Cl. The van der Waals surface area contributed by atoms with Crippen molar-refractivity contribution < 1.29 is 4.79 Å². The number of amides is 1. The molecule has 0 aromatic rings. The maximum absolute atomic E-state index is 12.4. The van der Waals surface area contributed by atoms with Crippen molar-refractivity contribution in [2.75, 3.05) is 13.1 Å². The maximum Gasteiger partial charge on any atom is 0.226 e. The van der Waals surface area contributed by atoms with Crippen LogP contribution >= 0.6 is 12.4 Å². The third kappa shape index (κ3) is 3.59. The Morgan fingerprint density at radius 3 is 2.47 bits per heavy atom. The Morgan fingerprint density at radius 2 is 1.82 bits per heavy atom. The van der Waals surface area contributed by atoms with E-state index in [4.69, 9.17) is 0 Å². The van der Waals surface area contributed by atoms with Gasteiger partial charge in [0.1, 0.15) is 0 Å². The maximum atomic E-state index is 12.4. The third-order valence-corrected chi connectivity index (χ3v) is 4.00. The number of piperazine rings is 1. The van der Waals surface area contributed by atoms with Crippen LogP contribution in [-0.2, 0) is 4.79 Å². The minimum atomic E-state index is 0. The molecule has 2 rings (SSSR count). The number of nitrogens with one attached hydrogen (secondary N) is 1. The molecule has 100 valence electrons. The average Bonchev–Trinajstić information content (AvgIpc) is 2.32. The van der Waals surface area contributed by atoms with Gasteiger partial charge in [-0.05, 0) is 26.7 Å². The van der Waals surface area contributed by atoms with Crippen LogP contribution < -0.4 is 5.32 Å². The first-order chi connectivity index (χ1) is 7.68. The molecule has 1 saturated heterocycles. The summed E-state index contributed by atoms with van der Waals surface area (Å²) in [6.07, 6.45) is 6.03. The van der Waals surface area contributed by atoms with E-state index in [0.717, 1.165) is 25.9 Å². The van der Waals surface area contributed by atoms with Crippen molar-refractivity contribution in [3.63, 3.8) is 0 Å². The van der Waals surface area contributed by atoms with Gasteiger partial charge < -0.3 is 10.2 Å². The quantitative estimate of drug-likeness (QED) is 0.784. The number of hydrogen-bond donors (Lipinski definition) is 1. The molecule has 1 aliphatic carbocycles. The largest absolute Gasteiger partial charge is 0.337 e. The number of halogens is 1. The van der Waals surface area contributed by atoms with Gasteiger partial charge in [-0.25, -0.2) is 0 Å². The van der Waals surface area contributed by atoms with Gasteiger partial charge in [0.25, 0.3) is 0 Å². The molecule has 2 atom stereocenters. The molecule has 0 radical (unpaired) electrons. The van der Waals surface area contributed by atoms with Crippen molar-refractivity contribution in [3.05, 3.63) is 0 Å². The van der Waals surface area contributed by atoms with Gasteiger partial charge in [0.15, 0.2) is 0 Å². The topological polar surface area (TPSA) is 32.3 Å². The molecule has 1 amide bonds. The Morgan fingerprint density at radius 1 is 1.18 bits per heavy atom. The van der Waals surface area contributed by atoms with Crippen LogP contribution in [0.15, 0.2) is 0 Å². The second-order valence-electron chi connectivity index (χ2n) is 5.48. The molecule has 0 bridgehead atoms. The van der Waals surface area contributed by atoms with Crippen molar-refractivity contribution in [2.24, 2.45) is 5.92 Å². The molecule has 0 aromatic carbocycles. The highest BCUT2D eigenvalue weighted by molar-refractivity contribution is 5.85. The van der Waals surface area contributed by atoms with E-state index in [1.165, 1.54) is 19.3 Å². The number of carbonyl (C=O) groups is 1. The Hall–Kier alpha value is -0.280. The van der Waals surface area contributed by atoms with E-state index in [9.17, 15) is 4.79 Å². The summed E-state index contributed by atoms with van der Waals surface area (Å²) in [4.78, 5) is 14.5. The van der Waals surface area contributed by atoms with Crippen molar-refractivity contribution >= 4 is 18.3 Å². The Kier molecular flexibility index (Phi) is 5.74. The van der Waals surface area contributed by atoms with E-state index >= 15 is 0 Å². The first-order valence-corrected chi connectivity index (χ1v) is 6.72. The Labute approximate surface area is 111 Å². The molecule has 4 heteroatoms. The second kappa shape index (κ2) is 6.60. The number of nitrogens with zero attached hydrogens (tertiary/aromatic N) is 1. The third-order valence-electron chi connectivity index (χ3n) is 4.00. The first kappa shape index (κ1) is 14.8. The van der Waals surface area contributed by atoms with Gasteiger partial charge in [0.05, 0.1) is 0 Å². The molecule has 2 unspecified atom stereocenters. The molecule has 3 nitrogen and oxygen atoms in total. The molecule has 1 heterocycles. The van der Waals surface area contributed by atoms with Crippen LogP contribution in [0.4, 0.5) is 0 Å². The lowest BCUT2D eigenvalue weighted by Gasteiger charge is -2.40. The Balaban J connectivity index is 0.00000144. The fourth-order valence-electron chi connectivity index (χ4n) is 2.91. The van der Waals surface area contributed by atoms with E-state index < -0.39 is 0 Å². The lowest BCUT2D eigenvalue weighted by atomic mass is 9.87. The monoisotopic (exact) mass is 260 g/mol. The van der Waals surface area contributed by atoms with E-state index in [2.05, 4.69) is 24.1 Å². The predicted octanol–water partition coefficient (Wildman–Crippen LogP) is 2.20. The van der Waals surface area contributed by atoms with Gasteiger partial charge in [-0.15, -0.1) is 12.4 Å². The van der Waals surface area contributed by atoms with Crippen LogP contribution in [0.3, 0.4) is 0 Å². The predicted molar refractivity (Wildman–Crippen MR) is 72.5 cm³/mol.